The van der Waals surface area contributed by atoms with Crippen molar-refractivity contribution in [2.75, 3.05) is 13.1 Å². The fraction of sp³-hybridized carbons (Fsp3) is 0.929. The third-order valence-corrected chi connectivity index (χ3v) is 5.12. The number of hydrogen-bond donors (Lipinski definition) is 4. The lowest BCUT2D eigenvalue weighted by Crippen LogP contribution is -3.20. The van der Waals surface area contributed by atoms with Crippen LogP contribution in [0, 0.1) is 17.0 Å². The molecule has 6 atom stereocenters. The number of quaternary nitrogens is 2. The normalized spacial score (nSPS) is 40.3. The van der Waals surface area contributed by atoms with Crippen molar-refractivity contribution in [1.82, 2.24) is 0 Å². The summed E-state index contributed by atoms with van der Waals surface area (Å²) in [5, 5.41) is 19.4. The lowest BCUT2D eigenvalue weighted by molar-refractivity contribution is -1.07. The van der Waals surface area contributed by atoms with Crippen molar-refractivity contribution < 1.29 is 20.1 Å². The van der Waals surface area contributed by atoms with Crippen molar-refractivity contribution in [3.05, 3.63) is 5.21 Å². The molecule has 1 aliphatic heterocycles. The highest BCUT2D eigenvalue weighted by atomic mass is 16.8. The molecule has 1 aliphatic carbocycles. The van der Waals surface area contributed by atoms with Crippen molar-refractivity contribution >= 4 is 5.78 Å². The van der Waals surface area contributed by atoms with Gasteiger partial charge in [0.15, 0.2) is 5.78 Å². The van der Waals surface area contributed by atoms with Crippen LogP contribution < -0.4 is 15.9 Å². The van der Waals surface area contributed by atoms with E-state index in [1.807, 2.05) is 0 Å². The van der Waals surface area contributed by atoms with E-state index in [1.165, 1.54) is 4.90 Å². The highest BCUT2D eigenvalue weighted by Crippen LogP contribution is 2.23. The smallest absolute Gasteiger partial charge is 0.190 e. The predicted octanol–water partition coefficient (Wildman–Crippen LogP) is -1.51. The molecular weight excluding hydrogens is 258 g/mol. The first-order valence-corrected chi connectivity index (χ1v) is 7.84. The van der Waals surface area contributed by atoms with Crippen LogP contribution in [0.1, 0.15) is 45.4 Å². The van der Waals surface area contributed by atoms with E-state index in [1.54, 1.807) is 0 Å². The lowest BCUT2D eigenvalue weighted by Gasteiger charge is -2.36. The van der Waals surface area contributed by atoms with Gasteiger partial charge in [-0.25, -0.2) is 10.4 Å². The predicted molar refractivity (Wildman–Crippen MR) is 73.9 cm³/mol. The van der Waals surface area contributed by atoms with Crippen LogP contribution in [0.5, 0.6) is 0 Å². The molecule has 0 aromatic carbocycles. The van der Waals surface area contributed by atoms with Crippen molar-refractivity contribution in [2.45, 2.75) is 57.7 Å². The maximum atomic E-state index is 12.4. The Kier molecular flexibility index (Phi) is 5.51. The minimum Gasteiger partial charge on any atom is -0.600 e. The number of nitrogens with two attached hydrogens (primary N) is 1. The van der Waals surface area contributed by atoms with Crippen molar-refractivity contribution in [3.63, 3.8) is 0 Å². The molecule has 6 unspecified atom stereocenters. The summed E-state index contributed by atoms with van der Waals surface area (Å²) >= 11 is 0. The van der Waals surface area contributed by atoms with E-state index >= 15 is 0 Å². The number of nitrogens with one attached hydrogen (secondary N) is 2. The highest BCUT2D eigenvalue weighted by molar-refractivity contribution is 5.82. The average molecular weight is 286 g/mol. The summed E-state index contributed by atoms with van der Waals surface area (Å²) in [4.78, 5) is 13.6. The Hall–Kier alpha value is -0.530. The van der Waals surface area contributed by atoms with Crippen LogP contribution in [-0.2, 0) is 4.79 Å². The van der Waals surface area contributed by atoms with Gasteiger partial charge in [-0.3, -0.25) is 10.5 Å². The molecule has 6 heteroatoms. The molecule has 20 heavy (non-hydrogen) atoms. The van der Waals surface area contributed by atoms with Gasteiger partial charge in [-0.15, -0.1) is 0 Å². The summed E-state index contributed by atoms with van der Waals surface area (Å²) in [5.41, 5.74) is 6.19. The molecule has 1 heterocycles. The van der Waals surface area contributed by atoms with Crippen LogP contribution in [0.25, 0.3) is 0 Å². The van der Waals surface area contributed by atoms with Crippen molar-refractivity contribution in [1.29, 1.82) is 0 Å². The Bertz CT molecular complexity index is 338. The van der Waals surface area contributed by atoms with Gasteiger partial charge in [-0.2, -0.15) is 0 Å². The molecule has 6 nitrogen and oxygen atoms in total. The van der Waals surface area contributed by atoms with E-state index in [0.717, 1.165) is 32.2 Å². The Morgan fingerprint density at radius 3 is 2.85 bits per heavy atom. The second-order valence-corrected chi connectivity index (χ2v) is 6.60. The summed E-state index contributed by atoms with van der Waals surface area (Å²) < 4.78 is 0. The second-order valence-electron chi connectivity index (χ2n) is 6.60. The number of carbonyl (C=O) groups excluding carboxylic acids is 1. The molecule has 2 aliphatic rings. The van der Waals surface area contributed by atoms with E-state index < -0.39 is 5.23 Å². The van der Waals surface area contributed by atoms with Crippen LogP contribution in [0.15, 0.2) is 0 Å². The van der Waals surface area contributed by atoms with Gasteiger partial charge >= 0.3 is 0 Å². The molecule has 0 radical (unpaired) electrons. The summed E-state index contributed by atoms with van der Waals surface area (Å²) in [7, 11) is 0. The first kappa shape index (κ1) is 15.9. The largest absolute Gasteiger partial charge is 0.600 e. The minimum absolute atomic E-state index is 0.0477. The van der Waals surface area contributed by atoms with E-state index in [2.05, 4.69) is 6.92 Å². The van der Waals surface area contributed by atoms with E-state index in [-0.39, 0.29) is 23.9 Å². The molecule has 0 spiro atoms. The standard InChI is InChI=1S/C14H27N3O3/c1-10-4-3-7-16(14(10)15)9-13(18)11-5-2-6-12(8-11)17(19)20/h10-12,14,17,19H,2-9,15H2,1H3/p+1. The van der Waals surface area contributed by atoms with Gasteiger partial charge < -0.3 is 10.1 Å². The third-order valence-electron chi connectivity index (χ3n) is 5.12. The zero-order valence-corrected chi connectivity index (χ0v) is 12.3. The summed E-state index contributed by atoms with van der Waals surface area (Å²) in [6.45, 7) is 3.59. The maximum absolute atomic E-state index is 12.4. The van der Waals surface area contributed by atoms with Crippen LogP contribution in [0.4, 0.5) is 0 Å². The van der Waals surface area contributed by atoms with Gasteiger partial charge in [0.1, 0.15) is 18.8 Å². The average Bonchev–Trinajstić information content (AvgIpc) is 2.44. The Morgan fingerprint density at radius 2 is 2.15 bits per heavy atom. The molecule has 0 amide bonds. The number of likely N-dealkylation sites (tertiary alicyclic amines) is 1. The number of hydrogen-bond acceptors (Lipinski definition) is 4. The first-order chi connectivity index (χ1) is 9.49. The second kappa shape index (κ2) is 6.95. The van der Waals surface area contributed by atoms with Gasteiger partial charge in [0.25, 0.3) is 0 Å². The zero-order valence-electron chi connectivity index (χ0n) is 12.3. The molecule has 0 aromatic heterocycles. The summed E-state index contributed by atoms with van der Waals surface area (Å²) in [6.07, 6.45) is 5.25. The van der Waals surface area contributed by atoms with Crippen LogP contribution in [0.2, 0.25) is 0 Å². The molecule has 2 rings (SSSR count). The first-order valence-electron chi connectivity index (χ1n) is 7.84. The van der Waals surface area contributed by atoms with E-state index in [9.17, 15) is 10.0 Å². The SMILES string of the molecule is CC1CCC[NH+](CC(=O)C2CCCC([NH+]([O-])O)C2)C1N. The molecule has 0 aromatic rings. The van der Waals surface area contributed by atoms with Crippen LogP contribution >= 0.6 is 0 Å². The van der Waals surface area contributed by atoms with E-state index in [4.69, 9.17) is 10.9 Å². The molecule has 1 saturated heterocycles. The van der Waals surface area contributed by atoms with E-state index in [0.29, 0.717) is 25.3 Å². The summed E-state index contributed by atoms with van der Waals surface area (Å²) in [6, 6.07) is -0.332. The quantitative estimate of drug-likeness (QED) is 0.472. The number of Topliss-reactive ketones (excluding diaryl/α,β-unsaturated/α-hetero) is 1. The number of hydroxylamine groups is 2. The van der Waals surface area contributed by atoms with Gasteiger partial charge in [-0.05, 0) is 25.7 Å². The molecular formula is C14H28N3O3+. The van der Waals surface area contributed by atoms with Crippen molar-refractivity contribution in [3.8, 4) is 0 Å². The minimum atomic E-state index is -0.752. The number of rotatable bonds is 4. The maximum Gasteiger partial charge on any atom is 0.190 e. The van der Waals surface area contributed by atoms with Gasteiger partial charge in [0.2, 0.25) is 0 Å². The Balaban J connectivity index is 1.87. The lowest BCUT2D eigenvalue weighted by atomic mass is 9.83. The molecule has 0 bridgehead atoms. The Labute approximate surface area is 120 Å². The topological polar surface area (TPSA) is 95.3 Å². The highest BCUT2D eigenvalue weighted by Gasteiger charge is 2.35. The van der Waals surface area contributed by atoms with Crippen LogP contribution in [0.3, 0.4) is 0 Å². The monoisotopic (exact) mass is 286 g/mol. The molecule has 5 N–H and O–H groups in total. The number of ketones is 1. The van der Waals surface area contributed by atoms with Crippen LogP contribution in [-0.4, -0.2) is 36.3 Å². The fourth-order valence-corrected chi connectivity index (χ4v) is 3.68. The van der Waals surface area contributed by atoms with Crippen molar-refractivity contribution in [2.24, 2.45) is 17.6 Å². The Morgan fingerprint density at radius 1 is 1.40 bits per heavy atom. The molecule has 116 valence electrons. The molecule has 1 saturated carbocycles. The van der Waals surface area contributed by atoms with Gasteiger partial charge in [0, 0.05) is 24.7 Å². The van der Waals surface area contributed by atoms with Gasteiger partial charge in [-0.1, -0.05) is 6.92 Å². The fourth-order valence-electron chi connectivity index (χ4n) is 3.68. The zero-order chi connectivity index (χ0) is 14.7. The summed E-state index contributed by atoms with van der Waals surface area (Å²) in [5.74, 6) is 0.613. The third kappa shape index (κ3) is 3.77. The van der Waals surface area contributed by atoms with Gasteiger partial charge in [0.05, 0.1) is 6.54 Å². The number of piperidine rings is 1. The molecule has 2 fully saturated rings. The number of carbonyl (C=O) groups is 1.